The molecule has 0 bridgehead atoms. The van der Waals surface area contributed by atoms with Gasteiger partial charge in [-0.3, -0.25) is 4.79 Å². The summed E-state index contributed by atoms with van der Waals surface area (Å²) in [6.07, 6.45) is -2.16. The van der Waals surface area contributed by atoms with Gasteiger partial charge in [0.1, 0.15) is 11.2 Å². The van der Waals surface area contributed by atoms with Crippen LogP contribution in [0.15, 0.2) is 60.8 Å². The van der Waals surface area contributed by atoms with Crippen molar-refractivity contribution >= 4 is 21.5 Å². The van der Waals surface area contributed by atoms with Crippen LogP contribution in [0.2, 0.25) is 0 Å². The van der Waals surface area contributed by atoms with Gasteiger partial charge < -0.3 is 4.74 Å². The highest BCUT2D eigenvalue weighted by atomic mass is 32.2. The van der Waals surface area contributed by atoms with E-state index in [-0.39, 0.29) is 34.6 Å². The van der Waals surface area contributed by atoms with Crippen molar-refractivity contribution < 1.29 is 35.5 Å². The average molecular weight is 550 g/mol. The maximum absolute atomic E-state index is 13.9. The van der Waals surface area contributed by atoms with Gasteiger partial charge in [0.2, 0.25) is 0 Å². The molecule has 38 heavy (non-hydrogen) atoms. The Bertz CT molecular complexity index is 1620. The van der Waals surface area contributed by atoms with Crippen molar-refractivity contribution in [2.75, 3.05) is 13.4 Å². The number of hydrogen-bond donors (Lipinski definition) is 0. The quantitative estimate of drug-likeness (QED) is 0.244. The molecule has 0 aliphatic heterocycles. The fourth-order valence-electron chi connectivity index (χ4n) is 4.43. The third kappa shape index (κ3) is 5.40. The molecule has 2 aromatic heterocycles. The van der Waals surface area contributed by atoms with Crippen molar-refractivity contribution in [2.45, 2.75) is 30.7 Å². The van der Waals surface area contributed by atoms with Crippen molar-refractivity contribution in [1.82, 2.24) is 14.6 Å². The molecule has 4 rings (SSSR count). The smallest absolute Gasteiger partial charge is 0.416 e. The minimum atomic E-state index is -4.56. The predicted molar refractivity (Wildman–Crippen MR) is 131 cm³/mol. The molecule has 0 spiro atoms. The van der Waals surface area contributed by atoms with Crippen molar-refractivity contribution in [2.24, 2.45) is 0 Å². The third-order valence-corrected chi connectivity index (χ3v) is 6.94. The molecule has 4 aromatic rings. The van der Waals surface area contributed by atoms with Gasteiger partial charge >= 0.3 is 12.1 Å². The van der Waals surface area contributed by atoms with E-state index in [1.807, 2.05) is 0 Å². The van der Waals surface area contributed by atoms with Crippen LogP contribution < -0.4 is 0 Å². The number of fused-ring (bicyclic) bond motifs is 1. The topological polar surface area (TPSA) is 90.6 Å². The number of carbonyl (C=O) groups is 1. The van der Waals surface area contributed by atoms with Gasteiger partial charge in [-0.2, -0.15) is 18.3 Å². The van der Waals surface area contributed by atoms with Crippen LogP contribution in [0.4, 0.5) is 17.6 Å². The van der Waals surface area contributed by atoms with E-state index in [1.165, 1.54) is 54.2 Å². The van der Waals surface area contributed by atoms with Crippen LogP contribution in [0.5, 0.6) is 0 Å². The molecule has 0 aliphatic carbocycles. The normalized spacial score (nSPS) is 13.9. The molecule has 0 aliphatic rings. The van der Waals surface area contributed by atoms with Crippen LogP contribution in [-0.2, 0) is 43.1 Å². The summed E-state index contributed by atoms with van der Waals surface area (Å²) in [4.78, 5) is 17.4. The van der Waals surface area contributed by atoms with Crippen LogP contribution in [-0.4, -0.2) is 42.4 Å². The molecule has 0 radical (unpaired) electrons. The van der Waals surface area contributed by atoms with Gasteiger partial charge in [-0.1, -0.05) is 24.3 Å². The molecule has 1 atom stereocenters. The molecule has 1 unspecified atom stereocenters. The zero-order chi connectivity index (χ0) is 27.9. The first-order chi connectivity index (χ1) is 17.7. The number of rotatable bonds is 7. The zero-order valence-corrected chi connectivity index (χ0v) is 21.4. The number of nitrogens with zero attached hydrogens (tertiary/aromatic N) is 3. The summed E-state index contributed by atoms with van der Waals surface area (Å²) in [6, 6.07) is 11.4. The lowest BCUT2D eigenvalue weighted by molar-refractivity contribution is -0.147. The Morgan fingerprint density at radius 1 is 1.08 bits per heavy atom. The molecule has 0 N–H and O–H groups in total. The van der Waals surface area contributed by atoms with Crippen molar-refractivity contribution in [3.8, 4) is 11.1 Å². The summed E-state index contributed by atoms with van der Waals surface area (Å²) >= 11 is 0. The number of benzene rings is 2. The molecule has 12 heteroatoms. The number of esters is 1. The second-order valence-electron chi connectivity index (χ2n) is 9.16. The van der Waals surface area contributed by atoms with Crippen LogP contribution in [0.1, 0.15) is 29.4 Å². The Kier molecular flexibility index (Phi) is 7.04. The Morgan fingerprint density at radius 3 is 2.34 bits per heavy atom. The highest BCUT2D eigenvalue weighted by molar-refractivity contribution is 7.89. The van der Waals surface area contributed by atoms with Gasteiger partial charge in [0.05, 0.1) is 35.4 Å². The fourth-order valence-corrected chi connectivity index (χ4v) is 5.12. The van der Waals surface area contributed by atoms with E-state index in [0.717, 1.165) is 18.4 Å². The molecule has 0 fully saturated rings. The lowest BCUT2D eigenvalue weighted by Crippen LogP contribution is -2.38. The van der Waals surface area contributed by atoms with Crippen LogP contribution >= 0.6 is 0 Å². The third-order valence-electron chi connectivity index (χ3n) is 6.14. The molecule has 0 amide bonds. The molecule has 200 valence electrons. The lowest BCUT2D eigenvalue weighted by Gasteiger charge is -2.27. The van der Waals surface area contributed by atoms with Crippen LogP contribution in [0.3, 0.4) is 0 Å². The molecule has 0 saturated carbocycles. The molecular weight excluding hydrogens is 526 g/mol. The summed E-state index contributed by atoms with van der Waals surface area (Å²) in [5.74, 6) is -1.68. The number of methoxy groups -OCH3 is 1. The molecule has 0 saturated heterocycles. The average Bonchev–Trinajstić information content (AvgIpc) is 3.19. The van der Waals surface area contributed by atoms with Gasteiger partial charge in [-0.15, -0.1) is 0 Å². The highest BCUT2D eigenvalue weighted by Crippen LogP contribution is 2.36. The Labute approximate surface area is 216 Å². The summed E-state index contributed by atoms with van der Waals surface area (Å²) < 4.78 is 84.2. The number of halogens is 4. The summed E-state index contributed by atoms with van der Waals surface area (Å²) in [6.45, 7) is 1.58. The van der Waals surface area contributed by atoms with E-state index in [2.05, 4.69) is 10.1 Å². The lowest BCUT2D eigenvalue weighted by atomic mass is 9.80. The number of ether oxygens (including phenoxy) is 1. The standard InChI is InChI=1S/C26H23F4N3O4S/c1-25(24(34)37-2,14-16-5-4-6-19(27)13-16)21-11-12-31-23-22(20(32-33(21)23)15-38(3,35)36)17-7-9-18(10-8-17)26(28,29)30/h4-13H,14-15H2,1-3H3. The van der Waals surface area contributed by atoms with E-state index in [9.17, 15) is 30.8 Å². The first kappa shape index (κ1) is 27.2. The minimum Gasteiger partial charge on any atom is -0.468 e. The monoisotopic (exact) mass is 549 g/mol. The zero-order valence-electron chi connectivity index (χ0n) is 20.6. The molecule has 2 heterocycles. The van der Waals surface area contributed by atoms with Gasteiger partial charge in [0.15, 0.2) is 15.5 Å². The van der Waals surface area contributed by atoms with E-state index in [1.54, 1.807) is 13.0 Å². The summed E-state index contributed by atoms with van der Waals surface area (Å²) in [5, 5.41) is 4.46. The summed E-state index contributed by atoms with van der Waals surface area (Å²) in [7, 11) is -2.42. The Morgan fingerprint density at radius 2 is 1.76 bits per heavy atom. The van der Waals surface area contributed by atoms with Gasteiger partial charge in [0, 0.05) is 12.5 Å². The number of sulfone groups is 1. The first-order valence-corrected chi connectivity index (χ1v) is 13.3. The Balaban J connectivity index is 1.97. The van der Waals surface area contributed by atoms with E-state index < -0.39 is 44.5 Å². The van der Waals surface area contributed by atoms with Crippen molar-refractivity contribution in [1.29, 1.82) is 0 Å². The second kappa shape index (κ2) is 9.82. The maximum atomic E-state index is 13.9. The predicted octanol–water partition coefficient (Wildman–Crippen LogP) is 4.77. The number of aromatic nitrogens is 3. The number of alkyl halides is 3. The summed E-state index contributed by atoms with van der Waals surface area (Å²) in [5.41, 5.74) is -0.869. The minimum absolute atomic E-state index is 0.00737. The second-order valence-corrected chi connectivity index (χ2v) is 11.3. The molecule has 2 aromatic carbocycles. The van der Waals surface area contributed by atoms with E-state index in [0.29, 0.717) is 5.56 Å². The molecule has 7 nitrogen and oxygen atoms in total. The SMILES string of the molecule is COC(=O)C(C)(Cc1cccc(F)c1)c1ccnc2c(-c3ccc(C(F)(F)F)cc3)c(CS(C)(=O)=O)nn12. The van der Waals surface area contributed by atoms with Gasteiger partial charge in [0.25, 0.3) is 0 Å². The first-order valence-electron chi connectivity index (χ1n) is 11.3. The van der Waals surface area contributed by atoms with Gasteiger partial charge in [-0.25, -0.2) is 22.3 Å². The highest BCUT2D eigenvalue weighted by Gasteiger charge is 2.40. The van der Waals surface area contributed by atoms with Crippen LogP contribution in [0, 0.1) is 5.82 Å². The fraction of sp³-hybridized carbons (Fsp3) is 0.269. The number of carbonyl (C=O) groups excluding carboxylic acids is 1. The van der Waals surface area contributed by atoms with Crippen molar-refractivity contribution in [3.63, 3.8) is 0 Å². The van der Waals surface area contributed by atoms with Gasteiger partial charge in [-0.05, 0) is 54.8 Å². The largest absolute Gasteiger partial charge is 0.468 e. The van der Waals surface area contributed by atoms with E-state index >= 15 is 0 Å². The number of hydrogen-bond acceptors (Lipinski definition) is 6. The maximum Gasteiger partial charge on any atom is 0.416 e. The van der Waals surface area contributed by atoms with Crippen molar-refractivity contribution in [3.05, 3.63) is 89.1 Å². The van der Waals surface area contributed by atoms with E-state index in [4.69, 9.17) is 4.74 Å². The van der Waals surface area contributed by atoms with Crippen LogP contribution in [0.25, 0.3) is 16.8 Å². The molecular formula is C26H23F4N3O4S. The Hall–Kier alpha value is -3.80.